The van der Waals surface area contributed by atoms with Crippen molar-refractivity contribution in [1.29, 1.82) is 0 Å². The van der Waals surface area contributed by atoms with Gasteiger partial charge in [-0.1, -0.05) is 60.1 Å². The molecule has 1 aliphatic rings. The van der Waals surface area contributed by atoms with Gasteiger partial charge in [0.1, 0.15) is 35.7 Å². The predicted octanol–water partition coefficient (Wildman–Crippen LogP) is 1.06. The van der Waals surface area contributed by atoms with E-state index in [9.17, 15) is 118 Å². The molecular weight excluding hydrogens is 1370 g/mol. The first kappa shape index (κ1) is 89.2. The van der Waals surface area contributed by atoms with Gasteiger partial charge in [0.2, 0.25) is 23.6 Å². The molecule has 1 aromatic carbocycles. The molecule has 1 aliphatic heterocycles. The summed E-state index contributed by atoms with van der Waals surface area (Å²) in [5.41, 5.74) is -0.0282. The fourth-order valence-electron chi connectivity index (χ4n) is 12.0. The number of carbonyl (C=O) groups excluding carboxylic acids is 7. The Kier molecular flexibility index (Phi) is 38.3. The van der Waals surface area contributed by atoms with Gasteiger partial charge in [-0.25, -0.2) is 9.59 Å². The summed E-state index contributed by atoms with van der Waals surface area (Å²) in [5, 5.41) is 98.2. The van der Waals surface area contributed by atoms with Gasteiger partial charge >= 0.3 is 53.7 Å². The van der Waals surface area contributed by atoms with Gasteiger partial charge in [-0.3, -0.25) is 86.7 Å². The van der Waals surface area contributed by atoms with Crippen LogP contribution in [0.2, 0.25) is 10.1 Å². The van der Waals surface area contributed by atoms with E-state index in [4.69, 9.17) is 5.11 Å². The van der Waals surface area contributed by atoms with Gasteiger partial charge in [0.05, 0.1) is 31.5 Å². The van der Waals surface area contributed by atoms with E-state index < -0.39 is 208 Å². The molecule has 1 fully saturated rings. The summed E-state index contributed by atoms with van der Waals surface area (Å²) < 4.78 is 17.2. The molecule has 0 unspecified atom stereocenters. The van der Waals surface area contributed by atoms with Crippen LogP contribution in [0.15, 0.2) is 24.3 Å². The highest BCUT2D eigenvalue weighted by atomic mass is 28.4. The molecule has 0 spiro atoms. The number of amides is 5. The average Bonchev–Trinajstić information content (AvgIpc) is 0.748. The Morgan fingerprint density at radius 2 is 0.873 bits per heavy atom. The number of unbranched alkanes of at least 4 members (excludes halogenated alkanes) is 2. The fourth-order valence-corrected chi connectivity index (χ4v) is 16.6. The summed E-state index contributed by atoms with van der Waals surface area (Å²) >= 11 is 0. The Morgan fingerprint density at radius 1 is 0.431 bits per heavy atom. The van der Waals surface area contributed by atoms with Crippen LogP contribution in [0.25, 0.3) is 0 Å². The highest BCUT2D eigenvalue weighted by Gasteiger charge is 2.56. The first-order valence-electron chi connectivity index (χ1n) is 33.7. The second-order valence-corrected chi connectivity index (χ2v) is 32.4. The molecule has 36 heteroatoms. The molecule has 572 valence electrons. The third-order valence-electron chi connectivity index (χ3n) is 17.4. The SMILES string of the molecule is CC(C)(C)[Si](F)(c1ccc(C(=O)N[C@@H](CNC(=O)CC[C@H](C(=O)O)N2CCN(CC(=O)O)CCN(CC(=O)O)CCN(CC(=O)O)CC2)C(=O)N[C@@H](CCCCNC(=O)CCC(=O)CCCC[C@@H](NC(=O)CC[C@H](CC(=O)C[C@@H](CCC(=O)O)C(=O)O)C(=O)O)C(=O)O)C(=O)O)cc1)C(C)(C)C. The molecule has 5 amide bonds. The van der Waals surface area contributed by atoms with Gasteiger partial charge in [-0.15, -0.1) is 0 Å². The molecule has 1 aromatic rings. The number of carboxylic acids is 9. The minimum atomic E-state index is -3.81. The van der Waals surface area contributed by atoms with Crippen LogP contribution in [0, 0.1) is 11.8 Å². The van der Waals surface area contributed by atoms with E-state index in [-0.39, 0.29) is 141 Å². The van der Waals surface area contributed by atoms with Crippen LogP contribution in [0.5, 0.6) is 0 Å². The summed E-state index contributed by atoms with van der Waals surface area (Å²) in [5.74, 6) is -20.1. The zero-order chi connectivity index (χ0) is 77.2. The van der Waals surface area contributed by atoms with E-state index >= 15 is 4.11 Å². The Bertz CT molecular complexity index is 3040. The lowest BCUT2D eigenvalue weighted by Gasteiger charge is -2.44. The number of nitrogens with zero attached hydrogens (tertiary/aromatic N) is 4. The second kappa shape index (κ2) is 43.8. The Morgan fingerprint density at radius 3 is 1.31 bits per heavy atom. The number of Topliss-reactive ketones (excluding diaryl/α,β-unsaturated/α-hetero) is 2. The van der Waals surface area contributed by atoms with Crippen molar-refractivity contribution in [3.8, 4) is 0 Å². The number of nitrogens with one attached hydrogen (secondary N) is 5. The first-order valence-corrected chi connectivity index (χ1v) is 35.6. The number of halogens is 1. The third kappa shape index (κ3) is 33.3. The maximum Gasteiger partial charge on any atom is 0.326 e. The van der Waals surface area contributed by atoms with Gasteiger partial charge < -0.3 is 76.7 Å². The summed E-state index contributed by atoms with van der Waals surface area (Å²) in [4.78, 5) is 205. The summed E-state index contributed by atoms with van der Waals surface area (Å²) in [6.07, 6.45) is -4.24. The number of rotatable bonds is 46. The quantitative estimate of drug-likeness (QED) is 0.0246. The topological polar surface area (TPSA) is 528 Å². The van der Waals surface area contributed by atoms with E-state index in [0.29, 0.717) is 5.19 Å². The lowest BCUT2D eigenvalue weighted by atomic mass is 9.90. The Hall–Kier alpha value is -8.87. The zero-order valence-corrected chi connectivity index (χ0v) is 59.7. The van der Waals surface area contributed by atoms with E-state index in [1.165, 1.54) is 43.9 Å². The van der Waals surface area contributed by atoms with Crippen LogP contribution in [-0.2, 0) is 71.9 Å². The molecule has 0 aromatic heterocycles. The summed E-state index contributed by atoms with van der Waals surface area (Å²) in [6.45, 7) is 8.74. The van der Waals surface area contributed by atoms with Crippen molar-refractivity contribution in [3.63, 3.8) is 0 Å². The molecule has 0 radical (unpaired) electrons. The normalized spacial score (nSPS) is 15.8. The standard InChI is InChI=1S/C66H102FN9O25Si/c1-65(2,3)102(67,66(4,5)6)46-19-14-41(15-20-46)58(90)72-49(37-69-52(80)24-21-50(64(100)101)76-33-31-74(39-56(86)87)29-27-73(38-55(84)85)28-30-75(32-34-76)40-57(88)89)59(91)71-48(63(98)99)13-9-10-26-68-51(79)23-18-44(77)11-7-8-12-47(62(96)97)70-53(81)22-16-42(60(92)93)35-45(78)36-43(61(94)95)17-25-54(82)83/h14-15,19-20,42-43,47-50H,7-13,16-18,21-40H2,1-6H3,(H,68,79)(H,69,80)(H,70,81)(H,71,91)(H,72,90)(H,82,83)(H,84,85)(H,86,87)(H,88,89)(H,92,93)(H,94,95)(H,96,97)(H,98,99)(H,100,101)/t42-,43-,47-,48+,49+,50-/m1/s1. The van der Waals surface area contributed by atoms with Crippen LogP contribution >= 0.6 is 0 Å². The van der Waals surface area contributed by atoms with Crippen LogP contribution < -0.4 is 31.8 Å². The molecule has 6 atom stereocenters. The maximum absolute atomic E-state index is 17.2. The van der Waals surface area contributed by atoms with Crippen LogP contribution in [0.3, 0.4) is 0 Å². The van der Waals surface area contributed by atoms with Crippen molar-refractivity contribution in [3.05, 3.63) is 29.8 Å². The van der Waals surface area contributed by atoms with Gasteiger partial charge in [0.15, 0.2) is 0 Å². The lowest BCUT2D eigenvalue weighted by Crippen LogP contribution is -2.58. The van der Waals surface area contributed by atoms with Gasteiger partial charge in [-0.05, 0) is 78.8 Å². The number of carbonyl (C=O) groups is 16. The lowest BCUT2D eigenvalue weighted by molar-refractivity contribution is -0.147. The number of ketones is 2. The molecule has 1 heterocycles. The molecule has 1 saturated heterocycles. The van der Waals surface area contributed by atoms with E-state index in [1.54, 1.807) is 41.5 Å². The molecule has 14 N–H and O–H groups in total. The monoisotopic (exact) mass is 1470 g/mol. The average molecular weight is 1470 g/mol. The van der Waals surface area contributed by atoms with Crippen molar-refractivity contribution >= 4 is 108 Å². The van der Waals surface area contributed by atoms with Crippen LogP contribution in [0.4, 0.5) is 4.11 Å². The fraction of sp³-hybridized carbons (Fsp3) is 0.667. The van der Waals surface area contributed by atoms with E-state index in [0.717, 1.165) is 0 Å². The highest BCUT2D eigenvalue weighted by molar-refractivity contribution is 6.90. The molecule has 0 aliphatic carbocycles. The molecule has 102 heavy (non-hydrogen) atoms. The van der Waals surface area contributed by atoms with E-state index in [1.807, 2.05) is 0 Å². The molecular formula is C66H102FN9O25Si. The van der Waals surface area contributed by atoms with Gasteiger partial charge in [0.25, 0.3) is 14.3 Å². The number of aliphatic carboxylic acids is 9. The zero-order valence-electron chi connectivity index (χ0n) is 58.7. The molecule has 34 nitrogen and oxygen atoms in total. The van der Waals surface area contributed by atoms with Crippen molar-refractivity contribution in [2.45, 2.75) is 185 Å². The predicted molar refractivity (Wildman–Crippen MR) is 362 cm³/mol. The smallest absolute Gasteiger partial charge is 0.326 e. The van der Waals surface area contributed by atoms with Crippen LogP contribution in [0.1, 0.15) is 161 Å². The second-order valence-electron chi connectivity index (χ2n) is 27.5. The number of hydrogen-bond acceptors (Lipinski definition) is 20. The van der Waals surface area contributed by atoms with Gasteiger partial charge in [0, 0.05) is 122 Å². The minimum absolute atomic E-state index is 0.0109. The minimum Gasteiger partial charge on any atom is -0.481 e. The molecule has 0 saturated carbocycles. The maximum atomic E-state index is 17.2. The van der Waals surface area contributed by atoms with E-state index in [2.05, 4.69) is 26.6 Å². The molecule has 0 bridgehead atoms. The number of carboxylic acid groups (broad SMARTS) is 9. The Balaban J connectivity index is 2.13. The molecule has 2 rings (SSSR count). The Labute approximate surface area is 591 Å². The van der Waals surface area contributed by atoms with Crippen molar-refractivity contribution in [2.75, 3.05) is 85.1 Å². The van der Waals surface area contributed by atoms with Crippen molar-refractivity contribution < 1.29 is 127 Å². The van der Waals surface area contributed by atoms with Crippen molar-refractivity contribution in [2.24, 2.45) is 11.8 Å². The summed E-state index contributed by atoms with van der Waals surface area (Å²) in [6, 6.07) is -0.401. The van der Waals surface area contributed by atoms with Crippen molar-refractivity contribution in [1.82, 2.24) is 46.2 Å². The van der Waals surface area contributed by atoms with Gasteiger partial charge in [-0.2, -0.15) is 0 Å². The highest BCUT2D eigenvalue weighted by Crippen LogP contribution is 2.51. The van der Waals surface area contributed by atoms with Crippen LogP contribution in [-0.4, -0.2) is 278 Å². The first-order chi connectivity index (χ1) is 47.5. The number of benzene rings is 1. The number of hydrogen-bond donors (Lipinski definition) is 14. The third-order valence-corrected chi connectivity index (χ3v) is 22.7. The summed E-state index contributed by atoms with van der Waals surface area (Å²) in [7, 11) is -3.81. The largest absolute Gasteiger partial charge is 0.481 e.